The van der Waals surface area contributed by atoms with E-state index in [0.717, 1.165) is 22.9 Å². The molecule has 134 valence electrons. The van der Waals surface area contributed by atoms with Crippen molar-refractivity contribution in [3.63, 3.8) is 0 Å². The molecule has 0 heterocycles. The molecule has 0 spiro atoms. The molecule has 5 nitrogen and oxygen atoms in total. The Morgan fingerprint density at radius 1 is 1.12 bits per heavy atom. The molecule has 0 aliphatic heterocycles. The first kappa shape index (κ1) is 19.5. The SMILES string of the molecule is CCCC(c1ccc(Br)cc1)N(C)C(=O)NS(=O)(=O)c1ccccc1. The smallest absolute Gasteiger partial charge is 0.320 e. The van der Waals surface area contributed by atoms with Crippen LogP contribution in [0.4, 0.5) is 4.79 Å². The van der Waals surface area contributed by atoms with Crippen LogP contribution >= 0.6 is 15.9 Å². The number of amides is 2. The van der Waals surface area contributed by atoms with Crippen molar-refractivity contribution in [3.05, 3.63) is 64.6 Å². The third-order valence-electron chi connectivity index (χ3n) is 3.88. The summed E-state index contributed by atoms with van der Waals surface area (Å²) in [5.41, 5.74) is 0.958. The van der Waals surface area contributed by atoms with Gasteiger partial charge in [-0.05, 0) is 36.2 Å². The topological polar surface area (TPSA) is 66.5 Å². The van der Waals surface area contributed by atoms with Gasteiger partial charge in [0, 0.05) is 11.5 Å². The fourth-order valence-corrected chi connectivity index (χ4v) is 3.80. The predicted octanol–water partition coefficient (Wildman–Crippen LogP) is 4.32. The van der Waals surface area contributed by atoms with Gasteiger partial charge in [0.1, 0.15) is 0 Å². The summed E-state index contributed by atoms with van der Waals surface area (Å²) >= 11 is 3.39. The largest absolute Gasteiger partial charge is 0.331 e. The van der Waals surface area contributed by atoms with Crippen LogP contribution in [-0.2, 0) is 10.0 Å². The number of rotatable bonds is 6. The predicted molar refractivity (Wildman–Crippen MR) is 102 cm³/mol. The molecule has 0 bridgehead atoms. The summed E-state index contributed by atoms with van der Waals surface area (Å²) in [6, 6.07) is 14.7. The van der Waals surface area contributed by atoms with Crippen LogP contribution in [0.5, 0.6) is 0 Å². The van der Waals surface area contributed by atoms with Crippen LogP contribution in [0, 0.1) is 0 Å². The van der Waals surface area contributed by atoms with E-state index in [1.54, 1.807) is 25.2 Å². The van der Waals surface area contributed by atoms with Crippen molar-refractivity contribution in [3.8, 4) is 0 Å². The van der Waals surface area contributed by atoms with Gasteiger partial charge in [0.2, 0.25) is 0 Å². The summed E-state index contributed by atoms with van der Waals surface area (Å²) in [6.45, 7) is 2.03. The number of sulfonamides is 1. The standard InChI is InChI=1S/C18H21BrN2O3S/c1-3-7-17(14-10-12-15(19)13-11-14)21(2)18(22)20-25(23,24)16-8-5-4-6-9-16/h4-6,8-13,17H,3,7H2,1-2H3,(H,20,22). The maximum Gasteiger partial charge on any atom is 0.331 e. The molecule has 1 N–H and O–H groups in total. The Morgan fingerprint density at radius 3 is 2.28 bits per heavy atom. The maximum absolute atomic E-state index is 12.5. The fraction of sp³-hybridized carbons (Fsp3) is 0.278. The molecule has 0 saturated heterocycles. The molecule has 0 saturated carbocycles. The third-order valence-corrected chi connectivity index (χ3v) is 5.74. The van der Waals surface area contributed by atoms with E-state index in [1.165, 1.54) is 17.0 Å². The molecular weight excluding hydrogens is 404 g/mol. The molecule has 2 amide bonds. The Labute approximate surface area is 157 Å². The molecule has 0 aromatic heterocycles. The molecule has 0 aliphatic rings. The number of hydrogen-bond acceptors (Lipinski definition) is 3. The molecule has 2 aromatic rings. The molecule has 2 aromatic carbocycles. The van der Waals surface area contributed by atoms with Crippen molar-refractivity contribution in [2.45, 2.75) is 30.7 Å². The quantitative estimate of drug-likeness (QED) is 0.750. The Morgan fingerprint density at radius 2 is 1.72 bits per heavy atom. The van der Waals surface area contributed by atoms with Crippen molar-refractivity contribution in [2.24, 2.45) is 0 Å². The Kier molecular flexibility index (Phi) is 6.61. The summed E-state index contributed by atoms with van der Waals surface area (Å²) in [7, 11) is -2.28. The van der Waals surface area contributed by atoms with Crippen molar-refractivity contribution in [1.82, 2.24) is 9.62 Å². The maximum atomic E-state index is 12.5. The normalized spacial score (nSPS) is 12.4. The third kappa shape index (κ3) is 5.06. The summed E-state index contributed by atoms with van der Waals surface area (Å²) in [6.07, 6.45) is 1.60. The average Bonchev–Trinajstić information content (AvgIpc) is 2.60. The first-order chi connectivity index (χ1) is 11.8. The molecule has 2 rings (SSSR count). The van der Waals surface area contributed by atoms with E-state index in [0.29, 0.717) is 0 Å². The van der Waals surface area contributed by atoms with Gasteiger partial charge in [0.05, 0.1) is 10.9 Å². The van der Waals surface area contributed by atoms with E-state index >= 15 is 0 Å². The van der Waals surface area contributed by atoms with Crippen molar-refractivity contribution in [2.75, 3.05) is 7.05 Å². The molecule has 7 heteroatoms. The number of nitrogens with one attached hydrogen (secondary N) is 1. The minimum absolute atomic E-state index is 0.0624. The highest BCUT2D eigenvalue weighted by molar-refractivity contribution is 9.10. The second-order valence-electron chi connectivity index (χ2n) is 5.69. The van der Waals surface area contributed by atoms with Gasteiger partial charge in [-0.25, -0.2) is 17.9 Å². The summed E-state index contributed by atoms with van der Waals surface area (Å²) in [4.78, 5) is 14.0. The fourth-order valence-electron chi connectivity index (χ4n) is 2.53. The lowest BCUT2D eigenvalue weighted by atomic mass is 10.0. The highest BCUT2D eigenvalue weighted by atomic mass is 79.9. The number of hydrogen-bond donors (Lipinski definition) is 1. The van der Waals surface area contributed by atoms with Gasteiger partial charge < -0.3 is 4.90 Å². The van der Waals surface area contributed by atoms with Gasteiger partial charge in [-0.2, -0.15) is 0 Å². The lowest BCUT2D eigenvalue weighted by Crippen LogP contribution is -2.42. The second kappa shape index (κ2) is 8.49. The van der Waals surface area contributed by atoms with Crippen molar-refractivity contribution < 1.29 is 13.2 Å². The molecule has 0 radical (unpaired) electrons. The number of urea groups is 1. The van der Waals surface area contributed by atoms with Gasteiger partial charge in [-0.3, -0.25) is 0 Å². The molecule has 25 heavy (non-hydrogen) atoms. The van der Waals surface area contributed by atoms with E-state index in [1.807, 2.05) is 31.2 Å². The first-order valence-electron chi connectivity index (χ1n) is 7.95. The van der Waals surface area contributed by atoms with E-state index in [-0.39, 0.29) is 10.9 Å². The summed E-state index contributed by atoms with van der Waals surface area (Å²) < 4.78 is 27.8. The van der Waals surface area contributed by atoms with Crippen LogP contribution in [0.1, 0.15) is 31.4 Å². The van der Waals surface area contributed by atoms with Gasteiger partial charge in [0.25, 0.3) is 10.0 Å². The number of benzene rings is 2. The summed E-state index contributed by atoms with van der Waals surface area (Å²) in [5, 5.41) is 0. The zero-order chi connectivity index (χ0) is 18.4. The molecule has 1 unspecified atom stereocenters. The highest BCUT2D eigenvalue weighted by Crippen LogP contribution is 2.26. The summed E-state index contributed by atoms with van der Waals surface area (Å²) in [5.74, 6) is 0. The first-order valence-corrected chi connectivity index (χ1v) is 10.2. The number of carbonyl (C=O) groups is 1. The average molecular weight is 425 g/mol. The van der Waals surface area contributed by atoms with Crippen LogP contribution in [0.2, 0.25) is 0 Å². The van der Waals surface area contributed by atoms with Crippen LogP contribution in [0.3, 0.4) is 0 Å². The number of nitrogens with zero attached hydrogens (tertiary/aromatic N) is 1. The lowest BCUT2D eigenvalue weighted by Gasteiger charge is -2.28. The zero-order valence-corrected chi connectivity index (χ0v) is 16.5. The number of halogens is 1. The van der Waals surface area contributed by atoms with E-state index in [2.05, 4.69) is 20.7 Å². The number of carbonyl (C=O) groups excluding carboxylic acids is 1. The van der Waals surface area contributed by atoms with Crippen LogP contribution in [0.25, 0.3) is 0 Å². The van der Waals surface area contributed by atoms with Gasteiger partial charge in [0.15, 0.2) is 0 Å². The van der Waals surface area contributed by atoms with Gasteiger partial charge >= 0.3 is 6.03 Å². The van der Waals surface area contributed by atoms with Crippen LogP contribution in [-0.4, -0.2) is 26.4 Å². The van der Waals surface area contributed by atoms with Crippen LogP contribution in [0.15, 0.2) is 64.0 Å². The zero-order valence-electron chi connectivity index (χ0n) is 14.1. The Balaban J connectivity index is 2.19. The van der Waals surface area contributed by atoms with E-state index in [4.69, 9.17) is 0 Å². The molecular formula is C18H21BrN2O3S. The lowest BCUT2D eigenvalue weighted by molar-refractivity contribution is 0.192. The monoisotopic (exact) mass is 424 g/mol. The van der Waals surface area contributed by atoms with Crippen molar-refractivity contribution in [1.29, 1.82) is 0 Å². The van der Waals surface area contributed by atoms with Crippen molar-refractivity contribution >= 4 is 32.0 Å². The molecule has 0 fully saturated rings. The highest BCUT2D eigenvalue weighted by Gasteiger charge is 2.25. The molecule has 1 atom stereocenters. The van der Waals surface area contributed by atoms with Gasteiger partial charge in [-0.1, -0.05) is 59.6 Å². The Bertz CT molecular complexity index is 808. The Hall–Kier alpha value is -1.86. The van der Waals surface area contributed by atoms with E-state index in [9.17, 15) is 13.2 Å². The van der Waals surface area contributed by atoms with E-state index < -0.39 is 16.1 Å². The second-order valence-corrected chi connectivity index (χ2v) is 8.29. The minimum atomic E-state index is -3.89. The van der Waals surface area contributed by atoms with Crippen LogP contribution < -0.4 is 4.72 Å². The minimum Gasteiger partial charge on any atom is -0.320 e. The molecule has 0 aliphatic carbocycles. The van der Waals surface area contributed by atoms with Gasteiger partial charge in [-0.15, -0.1) is 0 Å².